The van der Waals surface area contributed by atoms with Crippen LogP contribution in [-0.2, 0) is 9.59 Å². The van der Waals surface area contributed by atoms with Gasteiger partial charge in [0.2, 0.25) is 11.8 Å². The Morgan fingerprint density at radius 2 is 1.79 bits per heavy atom. The van der Waals surface area contributed by atoms with Crippen LogP contribution in [0.25, 0.3) is 0 Å². The molecule has 0 spiro atoms. The number of nitrogens with one attached hydrogen (secondary N) is 1. The first-order valence-electron chi connectivity index (χ1n) is 11.1. The Balaban J connectivity index is 1.48. The molecular weight excluding hydrogens is 430 g/mol. The van der Waals surface area contributed by atoms with E-state index in [1.165, 1.54) is 5.01 Å². The van der Waals surface area contributed by atoms with E-state index in [2.05, 4.69) is 10.4 Å². The highest BCUT2D eigenvalue weighted by atomic mass is 16.5. The summed E-state index contributed by atoms with van der Waals surface area (Å²) in [4.78, 5) is 25.6. The number of nitrogens with zero attached hydrogens (tertiary/aromatic N) is 2. The fraction of sp³-hybridized carbons (Fsp3) is 0.222. The first-order valence-corrected chi connectivity index (χ1v) is 11.1. The third-order valence-electron chi connectivity index (χ3n) is 5.77. The molecule has 34 heavy (non-hydrogen) atoms. The average Bonchev–Trinajstić information content (AvgIpc) is 3.30. The topological polar surface area (TPSA) is 91.2 Å². The van der Waals surface area contributed by atoms with Crippen molar-refractivity contribution in [1.82, 2.24) is 5.01 Å². The fourth-order valence-electron chi connectivity index (χ4n) is 3.93. The highest BCUT2D eigenvalue weighted by molar-refractivity contribution is 6.03. The van der Waals surface area contributed by atoms with E-state index in [1.807, 2.05) is 61.5 Å². The normalized spacial score (nSPS) is 15.1. The first kappa shape index (κ1) is 23.0. The molecule has 1 atom stereocenters. The van der Waals surface area contributed by atoms with Crippen molar-refractivity contribution in [1.29, 1.82) is 0 Å². The number of hydrogen-bond donors (Lipinski definition) is 2. The second kappa shape index (κ2) is 10.2. The Hall–Kier alpha value is -4.13. The summed E-state index contributed by atoms with van der Waals surface area (Å²) in [5.74, 6) is 0.144. The fourth-order valence-corrected chi connectivity index (χ4v) is 3.93. The summed E-state index contributed by atoms with van der Waals surface area (Å²) in [6.07, 6.45) is 0.552. The molecular formula is C27H27N3O4. The number of phenolic OH excluding ortho intramolecular Hbond substituents is 1. The van der Waals surface area contributed by atoms with Crippen LogP contribution < -0.4 is 10.1 Å². The molecule has 0 unspecified atom stereocenters. The maximum Gasteiger partial charge on any atom is 0.243 e. The van der Waals surface area contributed by atoms with E-state index < -0.39 is 0 Å². The number of hydrogen-bond acceptors (Lipinski definition) is 5. The van der Waals surface area contributed by atoms with Gasteiger partial charge < -0.3 is 15.2 Å². The Kier molecular flexibility index (Phi) is 6.92. The zero-order valence-electron chi connectivity index (χ0n) is 19.2. The van der Waals surface area contributed by atoms with Gasteiger partial charge in [-0.3, -0.25) is 9.59 Å². The molecule has 7 nitrogen and oxygen atoms in total. The van der Waals surface area contributed by atoms with Gasteiger partial charge in [0, 0.05) is 19.3 Å². The molecule has 2 amide bonds. The van der Waals surface area contributed by atoms with Crippen molar-refractivity contribution in [2.75, 3.05) is 12.4 Å². The number of aromatic hydroxyl groups is 1. The average molecular weight is 458 g/mol. The molecule has 0 aliphatic carbocycles. The van der Waals surface area contributed by atoms with Gasteiger partial charge in [0.1, 0.15) is 11.5 Å². The number of hydrazone groups is 1. The number of benzene rings is 3. The van der Waals surface area contributed by atoms with Crippen molar-refractivity contribution in [2.45, 2.75) is 32.2 Å². The smallest absolute Gasteiger partial charge is 0.243 e. The molecule has 0 bridgehead atoms. The Bertz CT molecular complexity index is 1210. The van der Waals surface area contributed by atoms with Gasteiger partial charge in [0.15, 0.2) is 0 Å². The van der Waals surface area contributed by atoms with Crippen molar-refractivity contribution in [3.63, 3.8) is 0 Å². The number of anilines is 1. The minimum absolute atomic E-state index is 0.00329. The number of ether oxygens (including phenoxy) is 1. The Labute approximate surface area is 198 Å². The number of rotatable bonds is 7. The molecule has 0 fully saturated rings. The van der Waals surface area contributed by atoms with Crippen LogP contribution in [0.4, 0.5) is 5.69 Å². The number of phenols is 1. The summed E-state index contributed by atoms with van der Waals surface area (Å²) >= 11 is 0. The van der Waals surface area contributed by atoms with E-state index in [4.69, 9.17) is 4.74 Å². The SMILES string of the molecule is COc1ccc([C@@H]2CC(c3ccccc3)=NN2C(=O)CCC(=O)Nc2ccc(C)cc2O)cc1. The van der Waals surface area contributed by atoms with Crippen molar-refractivity contribution < 1.29 is 19.4 Å². The standard InChI is InChI=1S/C27H27N3O4/c1-18-8-13-22(25(31)16-18)28-26(32)14-15-27(33)30-24(20-9-11-21(34-2)12-10-20)17-23(29-30)19-6-4-3-5-7-19/h3-13,16,24,31H,14-15,17H2,1-2H3,(H,28,32)/t24-/m0/s1. The number of carbonyl (C=O) groups is 2. The van der Waals surface area contributed by atoms with Crippen molar-refractivity contribution in [3.05, 3.63) is 89.5 Å². The summed E-state index contributed by atoms with van der Waals surface area (Å²) in [5, 5.41) is 18.8. The van der Waals surface area contributed by atoms with Crippen LogP contribution in [0, 0.1) is 6.92 Å². The van der Waals surface area contributed by atoms with Crippen LogP contribution in [0.1, 0.15) is 42.0 Å². The zero-order valence-corrected chi connectivity index (χ0v) is 19.2. The van der Waals surface area contributed by atoms with E-state index in [1.54, 1.807) is 25.3 Å². The quantitative estimate of drug-likeness (QED) is 0.498. The molecule has 1 heterocycles. The summed E-state index contributed by atoms with van der Waals surface area (Å²) in [7, 11) is 1.61. The van der Waals surface area contributed by atoms with Crippen molar-refractivity contribution in [3.8, 4) is 11.5 Å². The lowest BCUT2D eigenvalue weighted by Gasteiger charge is -2.22. The number of methoxy groups -OCH3 is 1. The molecule has 0 aromatic heterocycles. The molecule has 7 heteroatoms. The van der Waals surface area contributed by atoms with Crippen molar-refractivity contribution in [2.24, 2.45) is 5.10 Å². The van der Waals surface area contributed by atoms with Gasteiger partial charge in [-0.1, -0.05) is 48.5 Å². The largest absolute Gasteiger partial charge is 0.506 e. The molecule has 174 valence electrons. The second-order valence-electron chi connectivity index (χ2n) is 8.21. The van der Waals surface area contributed by atoms with Gasteiger partial charge in [-0.05, 0) is 47.9 Å². The minimum Gasteiger partial charge on any atom is -0.506 e. The third kappa shape index (κ3) is 5.26. The lowest BCUT2D eigenvalue weighted by Crippen LogP contribution is -2.28. The van der Waals surface area contributed by atoms with Crippen LogP contribution in [0.5, 0.6) is 11.5 Å². The Morgan fingerprint density at radius 3 is 2.47 bits per heavy atom. The summed E-state index contributed by atoms with van der Waals surface area (Å²) < 4.78 is 5.25. The van der Waals surface area contributed by atoms with Crippen molar-refractivity contribution >= 4 is 23.2 Å². The monoisotopic (exact) mass is 457 g/mol. The summed E-state index contributed by atoms with van der Waals surface area (Å²) in [5.41, 5.74) is 3.94. The van der Waals surface area contributed by atoms with Gasteiger partial charge >= 0.3 is 0 Å². The molecule has 0 radical (unpaired) electrons. The Morgan fingerprint density at radius 1 is 1.06 bits per heavy atom. The van der Waals surface area contributed by atoms with Gasteiger partial charge in [-0.25, -0.2) is 5.01 Å². The lowest BCUT2D eigenvalue weighted by atomic mass is 9.98. The molecule has 4 rings (SSSR count). The number of aryl methyl sites for hydroxylation is 1. The molecule has 1 aliphatic rings. The van der Waals surface area contributed by atoms with E-state index in [9.17, 15) is 14.7 Å². The highest BCUT2D eigenvalue weighted by Crippen LogP contribution is 2.34. The molecule has 3 aromatic carbocycles. The highest BCUT2D eigenvalue weighted by Gasteiger charge is 2.33. The maximum atomic E-state index is 13.2. The maximum absolute atomic E-state index is 13.2. The van der Waals surface area contributed by atoms with Crippen LogP contribution in [0.2, 0.25) is 0 Å². The van der Waals surface area contributed by atoms with Gasteiger partial charge in [-0.2, -0.15) is 5.10 Å². The second-order valence-corrected chi connectivity index (χ2v) is 8.21. The van der Waals surface area contributed by atoms with E-state index in [-0.39, 0.29) is 36.4 Å². The zero-order chi connectivity index (χ0) is 24.1. The van der Waals surface area contributed by atoms with Crippen LogP contribution in [-0.4, -0.2) is 34.8 Å². The van der Waals surface area contributed by atoms with Gasteiger partial charge in [0.05, 0.1) is 24.6 Å². The molecule has 1 aliphatic heterocycles. The minimum atomic E-state index is -0.347. The lowest BCUT2D eigenvalue weighted by molar-refractivity contribution is -0.134. The van der Waals surface area contributed by atoms with E-state index in [0.717, 1.165) is 28.2 Å². The molecule has 2 N–H and O–H groups in total. The first-order chi connectivity index (χ1) is 16.4. The van der Waals surface area contributed by atoms with Crippen LogP contribution in [0.15, 0.2) is 77.9 Å². The molecule has 3 aromatic rings. The predicted molar refractivity (Wildman–Crippen MR) is 131 cm³/mol. The van der Waals surface area contributed by atoms with Gasteiger partial charge in [0.25, 0.3) is 0 Å². The summed E-state index contributed by atoms with van der Waals surface area (Å²) in [6.45, 7) is 1.85. The number of amides is 2. The van der Waals surface area contributed by atoms with Gasteiger partial charge in [-0.15, -0.1) is 0 Å². The number of carbonyl (C=O) groups excluding carboxylic acids is 2. The third-order valence-corrected chi connectivity index (χ3v) is 5.77. The molecule has 0 saturated carbocycles. The predicted octanol–water partition coefficient (Wildman–Crippen LogP) is 4.81. The van der Waals surface area contributed by atoms with E-state index >= 15 is 0 Å². The van der Waals surface area contributed by atoms with Crippen LogP contribution >= 0.6 is 0 Å². The summed E-state index contributed by atoms with van der Waals surface area (Å²) in [6, 6.07) is 22.1. The van der Waals surface area contributed by atoms with E-state index in [0.29, 0.717) is 12.1 Å². The van der Waals surface area contributed by atoms with Crippen LogP contribution in [0.3, 0.4) is 0 Å². The molecule has 0 saturated heterocycles.